The summed E-state index contributed by atoms with van der Waals surface area (Å²) in [5.74, 6) is 0. The fraction of sp³-hybridized carbons (Fsp3) is 0.333. The van der Waals surface area contributed by atoms with E-state index < -0.39 is 0 Å². The van der Waals surface area contributed by atoms with Crippen LogP contribution in [0.4, 0.5) is 0 Å². The molecule has 1 aromatic carbocycles. The van der Waals surface area contributed by atoms with E-state index in [1.165, 1.54) is 11.5 Å². The molecule has 2 aromatic rings. The summed E-state index contributed by atoms with van der Waals surface area (Å²) in [6.45, 7) is 2.99. The normalized spacial score (nSPS) is 12.6. The quantitative estimate of drug-likeness (QED) is 0.909. The van der Waals surface area contributed by atoms with Gasteiger partial charge in [-0.3, -0.25) is 0 Å². The Hall–Kier alpha value is -0.680. The Morgan fingerprint density at radius 1 is 1.39 bits per heavy atom. The van der Waals surface area contributed by atoms with E-state index in [9.17, 15) is 0 Å². The van der Waals surface area contributed by atoms with Crippen molar-refractivity contribution < 1.29 is 0 Å². The average molecular weight is 302 g/mol. The van der Waals surface area contributed by atoms with Crippen LogP contribution in [0.1, 0.15) is 30.6 Å². The van der Waals surface area contributed by atoms with E-state index >= 15 is 0 Å². The molecule has 1 heterocycles. The molecule has 18 heavy (non-hydrogen) atoms. The lowest BCUT2D eigenvalue weighted by molar-refractivity contribution is 0.585. The maximum Gasteiger partial charge on any atom is 0.0970 e. The first-order chi connectivity index (χ1) is 8.74. The highest BCUT2D eigenvalue weighted by Crippen LogP contribution is 2.32. The first-order valence-corrected chi connectivity index (χ1v) is 7.27. The number of hydrogen-bond acceptors (Lipinski definition) is 4. The first-order valence-electron chi connectivity index (χ1n) is 5.68. The third-order valence-electron chi connectivity index (χ3n) is 2.56. The molecule has 6 heteroatoms. The van der Waals surface area contributed by atoms with Crippen molar-refractivity contribution in [1.82, 2.24) is 14.9 Å². The van der Waals surface area contributed by atoms with Gasteiger partial charge in [0.2, 0.25) is 0 Å². The molecule has 0 fully saturated rings. The van der Waals surface area contributed by atoms with Crippen LogP contribution in [-0.4, -0.2) is 16.1 Å². The lowest BCUT2D eigenvalue weighted by atomic mass is 10.0. The monoisotopic (exact) mass is 301 g/mol. The van der Waals surface area contributed by atoms with Crippen molar-refractivity contribution in [3.05, 3.63) is 44.9 Å². The van der Waals surface area contributed by atoms with Gasteiger partial charge in [0.25, 0.3) is 0 Å². The summed E-state index contributed by atoms with van der Waals surface area (Å²) >= 11 is 13.7. The molecule has 1 atom stereocenters. The molecule has 2 rings (SSSR count). The summed E-state index contributed by atoms with van der Waals surface area (Å²) in [4.78, 5) is 0. The SMILES string of the molecule is CCCNC(c1csnn1)c1cccc(Cl)c1Cl. The molecule has 0 spiro atoms. The summed E-state index contributed by atoms with van der Waals surface area (Å²) in [6, 6.07) is 5.57. The molecule has 0 amide bonds. The molecule has 0 aliphatic heterocycles. The van der Waals surface area contributed by atoms with E-state index in [0.717, 1.165) is 24.2 Å². The van der Waals surface area contributed by atoms with Crippen LogP contribution < -0.4 is 5.32 Å². The van der Waals surface area contributed by atoms with Gasteiger partial charge in [-0.05, 0) is 36.1 Å². The Kier molecular flexibility index (Phi) is 4.95. The second-order valence-corrected chi connectivity index (χ2v) is 5.25. The van der Waals surface area contributed by atoms with Crippen LogP contribution in [0.25, 0.3) is 0 Å². The van der Waals surface area contributed by atoms with Crippen LogP contribution in [0.5, 0.6) is 0 Å². The van der Waals surface area contributed by atoms with Crippen molar-refractivity contribution in [3.8, 4) is 0 Å². The number of aromatic nitrogens is 2. The summed E-state index contributed by atoms with van der Waals surface area (Å²) in [5.41, 5.74) is 1.81. The van der Waals surface area contributed by atoms with Gasteiger partial charge in [-0.15, -0.1) is 5.10 Å². The smallest absolute Gasteiger partial charge is 0.0970 e. The largest absolute Gasteiger partial charge is 0.305 e. The fourth-order valence-electron chi connectivity index (χ4n) is 1.70. The number of rotatable bonds is 5. The van der Waals surface area contributed by atoms with Crippen molar-refractivity contribution in [1.29, 1.82) is 0 Å². The van der Waals surface area contributed by atoms with E-state index in [1.54, 1.807) is 6.07 Å². The van der Waals surface area contributed by atoms with Gasteiger partial charge < -0.3 is 5.32 Å². The number of nitrogens with zero attached hydrogens (tertiary/aromatic N) is 2. The number of nitrogens with one attached hydrogen (secondary N) is 1. The van der Waals surface area contributed by atoms with E-state index in [4.69, 9.17) is 23.2 Å². The standard InChI is InChI=1S/C12H13Cl2N3S/c1-2-6-15-12(10-7-18-17-16-10)8-4-3-5-9(13)11(8)14/h3-5,7,12,15H,2,6H2,1H3. The molecule has 0 aliphatic rings. The zero-order chi connectivity index (χ0) is 13.0. The molecule has 1 N–H and O–H groups in total. The van der Waals surface area contributed by atoms with Gasteiger partial charge in [-0.2, -0.15) is 0 Å². The van der Waals surface area contributed by atoms with Crippen LogP contribution in [0.3, 0.4) is 0 Å². The van der Waals surface area contributed by atoms with E-state index in [1.807, 2.05) is 17.5 Å². The molecule has 96 valence electrons. The minimum absolute atomic E-state index is 0.0603. The van der Waals surface area contributed by atoms with Crippen LogP contribution in [0.2, 0.25) is 10.0 Å². The minimum Gasteiger partial charge on any atom is -0.305 e. The maximum absolute atomic E-state index is 6.27. The van der Waals surface area contributed by atoms with Crippen LogP contribution >= 0.6 is 34.7 Å². The highest BCUT2D eigenvalue weighted by atomic mass is 35.5. The molecule has 1 unspecified atom stereocenters. The molecular formula is C12H13Cl2N3S. The third kappa shape index (κ3) is 3.01. The minimum atomic E-state index is -0.0603. The summed E-state index contributed by atoms with van der Waals surface area (Å²) < 4.78 is 3.90. The molecule has 3 nitrogen and oxygen atoms in total. The second-order valence-electron chi connectivity index (χ2n) is 3.86. The Bertz CT molecular complexity index is 502. The van der Waals surface area contributed by atoms with E-state index in [0.29, 0.717) is 10.0 Å². The fourth-order valence-corrected chi connectivity index (χ4v) is 2.60. The topological polar surface area (TPSA) is 37.8 Å². The van der Waals surface area contributed by atoms with Gasteiger partial charge in [0.05, 0.1) is 21.8 Å². The third-order valence-corrected chi connectivity index (χ3v) is 3.92. The molecular weight excluding hydrogens is 289 g/mol. The van der Waals surface area contributed by atoms with Gasteiger partial charge in [0.1, 0.15) is 0 Å². The summed E-state index contributed by atoms with van der Waals surface area (Å²) in [7, 11) is 0. The first kappa shape index (κ1) is 13.7. The lowest BCUT2D eigenvalue weighted by Crippen LogP contribution is -2.23. The van der Waals surface area contributed by atoms with Crippen LogP contribution in [0, 0.1) is 0 Å². The van der Waals surface area contributed by atoms with Crippen molar-refractivity contribution in [2.24, 2.45) is 0 Å². The second kappa shape index (κ2) is 6.48. The van der Waals surface area contributed by atoms with Gasteiger partial charge in [0, 0.05) is 5.38 Å². The van der Waals surface area contributed by atoms with Crippen molar-refractivity contribution in [2.45, 2.75) is 19.4 Å². The Morgan fingerprint density at radius 3 is 2.89 bits per heavy atom. The zero-order valence-corrected chi connectivity index (χ0v) is 12.2. The molecule has 0 saturated carbocycles. The molecule has 0 bridgehead atoms. The van der Waals surface area contributed by atoms with Gasteiger partial charge in [-0.25, -0.2) is 0 Å². The Labute approximate surface area is 120 Å². The van der Waals surface area contributed by atoms with Gasteiger partial charge >= 0.3 is 0 Å². The van der Waals surface area contributed by atoms with Crippen molar-refractivity contribution in [2.75, 3.05) is 6.54 Å². The zero-order valence-electron chi connectivity index (χ0n) is 9.86. The predicted octanol–water partition coefficient (Wildman–Crippen LogP) is 3.93. The average Bonchev–Trinajstić information content (AvgIpc) is 2.88. The highest BCUT2D eigenvalue weighted by Gasteiger charge is 2.19. The Balaban J connectivity index is 2.37. The molecule has 0 radical (unpaired) electrons. The summed E-state index contributed by atoms with van der Waals surface area (Å²) in [6.07, 6.45) is 1.03. The Morgan fingerprint density at radius 2 is 2.22 bits per heavy atom. The number of hydrogen-bond donors (Lipinski definition) is 1. The lowest BCUT2D eigenvalue weighted by Gasteiger charge is -2.18. The van der Waals surface area contributed by atoms with Crippen LogP contribution in [-0.2, 0) is 0 Å². The van der Waals surface area contributed by atoms with Crippen molar-refractivity contribution >= 4 is 34.7 Å². The molecule has 0 aliphatic carbocycles. The molecule has 1 aromatic heterocycles. The van der Waals surface area contributed by atoms with Gasteiger partial charge in [-0.1, -0.05) is 46.7 Å². The summed E-state index contributed by atoms with van der Waals surface area (Å²) in [5, 5.41) is 10.6. The van der Waals surface area contributed by atoms with Crippen LogP contribution in [0.15, 0.2) is 23.6 Å². The van der Waals surface area contributed by atoms with E-state index in [2.05, 4.69) is 21.8 Å². The maximum atomic E-state index is 6.27. The molecule has 0 saturated heterocycles. The van der Waals surface area contributed by atoms with Crippen molar-refractivity contribution in [3.63, 3.8) is 0 Å². The van der Waals surface area contributed by atoms with Gasteiger partial charge in [0.15, 0.2) is 0 Å². The number of benzene rings is 1. The predicted molar refractivity (Wildman–Crippen MR) is 76.5 cm³/mol. The number of halogens is 2. The van der Waals surface area contributed by atoms with E-state index in [-0.39, 0.29) is 6.04 Å². The highest BCUT2D eigenvalue weighted by molar-refractivity contribution is 7.03.